The van der Waals surface area contributed by atoms with Gasteiger partial charge in [0.25, 0.3) is 5.24 Å². The van der Waals surface area contributed by atoms with Gasteiger partial charge in [-0.15, -0.1) is 0 Å². The normalized spacial score (nSPS) is 15.7. The van der Waals surface area contributed by atoms with Gasteiger partial charge in [0.05, 0.1) is 6.10 Å². The number of aliphatic hydroxyl groups excluding tert-OH is 1. The van der Waals surface area contributed by atoms with Crippen LogP contribution in [0.4, 0.5) is 4.79 Å². The van der Waals surface area contributed by atoms with Crippen LogP contribution in [-0.4, -0.2) is 46.5 Å². The van der Waals surface area contributed by atoms with Gasteiger partial charge in [0.15, 0.2) is 0 Å². The van der Waals surface area contributed by atoms with E-state index in [2.05, 4.69) is 5.32 Å². The van der Waals surface area contributed by atoms with Crippen molar-refractivity contribution in [3.05, 3.63) is 48.0 Å². The fourth-order valence-electron chi connectivity index (χ4n) is 2.70. The standard InChI is InChI=1S/C18H20N2O3S/c21-16(15-6-5-13-3-1-2-4-14(13)11-15)12-19-17(22)7-8-20-9-10-24-18(20)23/h1-6,11,16,21H,7-10,12H2,(H,19,22). The number of fused-ring (bicyclic) bond motifs is 1. The summed E-state index contributed by atoms with van der Waals surface area (Å²) in [5.41, 5.74) is 0.778. The lowest BCUT2D eigenvalue weighted by Gasteiger charge is -2.16. The van der Waals surface area contributed by atoms with Crippen molar-refractivity contribution in [3.8, 4) is 0 Å². The third-order valence-electron chi connectivity index (χ3n) is 4.10. The summed E-state index contributed by atoms with van der Waals surface area (Å²) >= 11 is 1.29. The van der Waals surface area contributed by atoms with Gasteiger partial charge in [0, 0.05) is 31.8 Å². The molecule has 0 aromatic heterocycles. The molecule has 3 rings (SSSR count). The highest BCUT2D eigenvalue weighted by atomic mass is 32.2. The van der Waals surface area contributed by atoms with E-state index in [1.807, 2.05) is 42.5 Å². The van der Waals surface area contributed by atoms with Crippen molar-refractivity contribution < 1.29 is 14.7 Å². The minimum absolute atomic E-state index is 0.0407. The number of nitrogens with zero attached hydrogens (tertiary/aromatic N) is 1. The Bertz CT molecular complexity index is 750. The van der Waals surface area contributed by atoms with Crippen molar-refractivity contribution in [1.29, 1.82) is 0 Å². The SMILES string of the molecule is O=C(CCN1CCSC1=O)NCC(O)c1ccc2ccccc2c1. The summed E-state index contributed by atoms with van der Waals surface area (Å²) in [6, 6.07) is 13.7. The molecule has 0 spiro atoms. The zero-order valence-corrected chi connectivity index (χ0v) is 14.1. The van der Waals surface area contributed by atoms with Gasteiger partial charge in [-0.3, -0.25) is 9.59 Å². The van der Waals surface area contributed by atoms with Crippen LogP contribution in [0.3, 0.4) is 0 Å². The molecule has 2 aromatic carbocycles. The molecule has 1 unspecified atom stereocenters. The molecule has 1 saturated heterocycles. The monoisotopic (exact) mass is 344 g/mol. The first-order valence-corrected chi connectivity index (χ1v) is 8.97. The number of rotatable bonds is 6. The van der Waals surface area contributed by atoms with E-state index in [-0.39, 0.29) is 24.1 Å². The summed E-state index contributed by atoms with van der Waals surface area (Å²) in [5, 5.41) is 15.2. The highest BCUT2D eigenvalue weighted by molar-refractivity contribution is 8.13. The largest absolute Gasteiger partial charge is 0.387 e. The number of hydrogen-bond acceptors (Lipinski definition) is 4. The second-order valence-electron chi connectivity index (χ2n) is 5.78. The fraction of sp³-hybridized carbons (Fsp3) is 0.333. The van der Waals surface area contributed by atoms with Gasteiger partial charge in [-0.25, -0.2) is 0 Å². The van der Waals surface area contributed by atoms with Gasteiger partial charge in [0.2, 0.25) is 5.91 Å². The number of thioether (sulfide) groups is 1. The predicted molar refractivity (Wildman–Crippen MR) is 96.0 cm³/mol. The number of hydrogen-bond donors (Lipinski definition) is 2. The molecule has 2 N–H and O–H groups in total. The third-order valence-corrected chi connectivity index (χ3v) is 5.00. The zero-order chi connectivity index (χ0) is 16.9. The topological polar surface area (TPSA) is 69.6 Å². The molecule has 0 saturated carbocycles. The average Bonchev–Trinajstić information content (AvgIpc) is 3.02. The lowest BCUT2D eigenvalue weighted by molar-refractivity contribution is -0.121. The lowest BCUT2D eigenvalue weighted by atomic mass is 10.0. The van der Waals surface area contributed by atoms with Gasteiger partial charge in [0.1, 0.15) is 0 Å². The van der Waals surface area contributed by atoms with Crippen molar-refractivity contribution in [2.24, 2.45) is 0 Å². The molecule has 5 nitrogen and oxygen atoms in total. The van der Waals surface area contributed by atoms with Gasteiger partial charge >= 0.3 is 0 Å². The number of amides is 2. The second kappa shape index (κ2) is 7.68. The summed E-state index contributed by atoms with van der Waals surface area (Å²) < 4.78 is 0. The molecule has 24 heavy (non-hydrogen) atoms. The molecular formula is C18H20N2O3S. The second-order valence-corrected chi connectivity index (χ2v) is 6.82. The van der Waals surface area contributed by atoms with Gasteiger partial charge in [-0.2, -0.15) is 0 Å². The zero-order valence-electron chi connectivity index (χ0n) is 13.3. The highest BCUT2D eigenvalue weighted by Crippen LogP contribution is 2.20. The molecule has 126 valence electrons. The quantitative estimate of drug-likeness (QED) is 0.845. The summed E-state index contributed by atoms with van der Waals surface area (Å²) in [4.78, 5) is 25.0. The van der Waals surface area contributed by atoms with E-state index in [9.17, 15) is 14.7 Å². The lowest BCUT2D eigenvalue weighted by Crippen LogP contribution is -2.33. The minimum atomic E-state index is -0.748. The van der Waals surface area contributed by atoms with Crippen LogP contribution in [0.2, 0.25) is 0 Å². The number of benzene rings is 2. The first kappa shape index (κ1) is 16.8. The summed E-state index contributed by atoms with van der Waals surface area (Å²) in [6.07, 6.45) is -0.487. The Morgan fingerprint density at radius 1 is 1.25 bits per heavy atom. The third kappa shape index (κ3) is 4.07. The van der Waals surface area contributed by atoms with E-state index in [4.69, 9.17) is 0 Å². The number of nitrogens with one attached hydrogen (secondary N) is 1. The van der Waals surface area contributed by atoms with Crippen LogP contribution in [-0.2, 0) is 4.79 Å². The van der Waals surface area contributed by atoms with E-state index >= 15 is 0 Å². The van der Waals surface area contributed by atoms with E-state index in [1.165, 1.54) is 11.8 Å². The Kier molecular flexibility index (Phi) is 5.37. The van der Waals surface area contributed by atoms with E-state index in [0.717, 1.165) is 22.1 Å². The molecule has 2 aromatic rings. The molecule has 1 aliphatic rings. The molecule has 0 radical (unpaired) electrons. The van der Waals surface area contributed by atoms with Crippen LogP contribution in [0.15, 0.2) is 42.5 Å². The van der Waals surface area contributed by atoms with E-state index < -0.39 is 6.10 Å². The predicted octanol–water partition coefficient (Wildman–Crippen LogP) is 2.55. The molecule has 0 aliphatic carbocycles. The van der Waals surface area contributed by atoms with Crippen LogP contribution in [0.25, 0.3) is 10.8 Å². The maximum Gasteiger partial charge on any atom is 0.281 e. The van der Waals surface area contributed by atoms with Crippen molar-refractivity contribution in [2.45, 2.75) is 12.5 Å². The van der Waals surface area contributed by atoms with Crippen LogP contribution in [0, 0.1) is 0 Å². The van der Waals surface area contributed by atoms with E-state index in [0.29, 0.717) is 13.1 Å². The maximum atomic E-state index is 11.9. The number of aliphatic hydroxyl groups is 1. The van der Waals surface area contributed by atoms with Crippen molar-refractivity contribution in [1.82, 2.24) is 10.2 Å². The van der Waals surface area contributed by atoms with Crippen LogP contribution in [0.5, 0.6) is 0 Å². The Morgan fingerprint density at radius 3 is 2.79 bits per heavy atom. The smallest absolute Gasteiger partial charge is 0.281 e. The Labute approximate surface area is 145 Å². The molecule has 0 bridgehead atoms. The number of carbonyl (C=O) groups excluding carboxylic acids is 2. The molecule has 6 heteroatoms. The highest BCUT2D eigenvalue weighted by Gasteiger charge is 2.21. The van der Waals surface area contributed by atoms with Gasteiger partial charge < -0.3 is 15.3 Å². The molecular weight excluding hydrogens is 324 g/mol. The molecule has 1 atom stereocenters. The van der Waals surface area contributed by atoms with Crippen molar-refractivity contribution in [2.75, 3.05) is 25.4 Å². The van der Waals surface area contributed by atoms with Crippen molar-refractivity contribution >= 4 is 33.7 Å². The first-order chi connectivity index (χ1) is 11.6. The summed E-state index contributed by atoms with van der Waals surface area (Å²) in [7, 11) is 0. The molecule has 1 fully saturated rings. The number of carbonyl (C=O) groups is 2. The minimum Gasteiger partial charge on any atom is -0.387 e. The summed E-state index contributed by atoms with van der Waals surface area (Å²) in [5.74, 6) is 0.640. The summed E-state index contributed by atoms with van der Waals surface area (Å²) in [6.45, 7) is 1.31. The maximum absolute atomic E-state index is 11.9. The van der Waals surface area contributed by atoms with Crippen LogP contribution in [0.1, 0.15) is 18.1 Å². The first-order valence-electron chi connectivity index (χ1n) is 7.98. The Hall–Kier alpha value is -2.05. The van der Waals surface area contributed by atoms with Gasteiger partial charge in [-0.05, 0) is 22.4 Å². The Morgan fingerprint density at radius 2 is 2.04 bits per heavy atom. The molecule has 1 heterocycles. The van der Waals surface area contributed by atoms with Crippen molar-refractivity contribution in [3.63, 3.8) is 0 Å². The van der Waals surface area contributed by atoms with Crippen LogP contribution < -0.4 is 5.32 Å². The molecule has 1 aliphatic heterocycles. The van der Waals surface area contributed by atoms with Crippen LogP contribution >= 0.6 is 11.8 Å². The fourth-order valence-corrected chi connectivity index (χ4v) is 3.55. The van der Waals surface area contributed by atoms with E-state index in [1.54, 1.807) is 4.90 Å². The molecule has 2 amide bonds. The van der Waals surface area contributed by atoms with Gasteiger partial charge in [-0.1, -0.05) is 48.2 Å². The average molecular weight is 344 g/mol. The Balaban J connectivity index is 1.49.